The van der Waals surface area contributed by atoms with E-state index in [1.54, 1.807) is 12.1 Å². The summed E-state index contributed by atoms with van der Waals surface area (Å²) in [6.45, 7) is 2.58. The van der Waals surface area contributed by atoms with E-state index in [2.05, 4.69) is 5.32 Å². The van der Waals surface area contributed by atoms with Gasteiger partial charge in [0.15, 0.2) is 6.10 Å². The number of benzene rings is 1. The first-order valence-electron chi connectivity index (χ1n) is 7.01. The summed E-state index contributed by atoms with van der Waals surface area (Å²) in [5, 5.41) is 13.7. The van der Waals surface area contributed by atoms with Crippen LogP contribution in [0.4, 0.5) is 0 Å². The number of likely N-dealkylation sites (tertiary alicyclic amines) is 1. The van der Waals surface area contributed by atoms with Gasteiger partial charge in [0.1, 0.15) is 0 Å². The second-order valence-corrected chi connectivity index (χ2v) is 5.50. The molecule has 1 aromatic rings. The minimum atomic E-state index is -1.02. The average Bonchev–Trinajstić information content (AvgIpc) is 2.94. The van der Waals surface area contributed by atoms with Crippen LogP contribution in [0.3, 0.4) is 0 Å². The Balaban J connectivity index is 1.67. The van der Waals surface area contributed by atoms with Gasteiger partial charge in [-0.3, -0.25) is 4.79 Å². The van der Waals surface area contributed by atoms with Crippen molar-refractivity contribution in [2.24, 2.45) is 5.92 Å². The van der Waals surface area contributed by atoms with E-state index in [4.69, 9.17) is 0 Å². The second-order valence-electron chi connectivity index (χ2n) is 5.50. The fourth-order valence-corrected chi connectivity index (χ4v) is 3.20. The number of nitrogens with one attached hydrogen (secondary N) is 1. The van der Waals surface area contributed by atoms with E-state index in [1.807, 2.05) is 23.1 Å². The van der Waals surface area contributed by atoms with Crippen LogP contribution in [-0.2, 0) is 4.79 Å². The van der Waals surface area contributed by atoms with Gasteiger partial charge >= 0.3 is 0 Å². The molecule has 1 aromatic carbocycles. The molecule has 3 rings (SSSR count). The van der Waals surface area contributed by atoms with Crippen LogP contribution in [0.1, 0.15) is 24.5 Å². The summed E-state index contributed by atoms with van der Waals surface area (Å²) in [7, 11) is 0. The van der Waals surface area contributed by atoms with E-state index in [0.29, 0.717) is 17.5 Å². The number of aliphatic hydroxyl groups is 1. The molecule has 2 fully saturated rings. The zero-order chi connectivity index (χ0) is 13.2. The van der Waals surface area contributed by atoms with Crippen molar-refractivity contribution in [3.05, 3.63) is 35.9 Å². The Morgan fingerprint density at radius 2 is 2.11 bits per heavy atom. The lowest BCUT2D eigenvalue weighted by Crippen LogP contribution is -2.48. The highest BCUT2D eigenvalue weighted by molar-refractivity contribution is 5.82. The van der Waals surface area contributed by atoms with Crippen molar-refractivity contribution in [1.82, 2.24) is 10.2 Å². The summed E-state index contributed by atoms with van der Waals surface area (Å²) in [6.07, 6.45) is 1.11. The van der Waals surface area contributed by atoms with E-state index < -0.39 is 6.10 Å². The lowest BCUT2D eigenvalue weighted by Gasteiger charge is -2.35. The largest absolute Gasteiger partial charge is 0.378 e. The summed E-state index contributed by atoms with van der Waals surface area (Å²) in [6, 6.07) is 9.74. The molecule has 19 heavy (non-hydrogen) atoms. The molecule has 2 saturated heterocycles. The number of rotatable bonds is 2. The molecule has 2 aliphatic rings. The summed E-state index contributed by atoms with van der Waals surface area (Å²) in [5.74, 6) is 0.400. The monoisotopic (exact) mass is 260 g/mol. The van der Waals surface area contributed by atoms with Crippen molar-refractivity contribution < 1.29 is 9.90 Å². The van der Waals surface area contributed by atoms with E-state index in [-0.39, 0.29) is 5.91 Å². The van der Waals surface area contributed by atoms with Gasteiger partial charge in [0.05, 0.1) is 0 Å². The summed E-state index contributed by atoms with van der Waals surface area (Å²) >= 11 is 0. The lowest BCUT2D eigenvalue weighted by atomic mass is 9.93. The topological polar surface area (TPSA) is 52.6 Å². The zero-order valence-corrected chi connectivity index (χ0v) is 11.0. The minimum Gasteiger partial charge on any atom is -0.378 e. The highest BCUT2D eigenvalue weighted by Gasteiger charge is 2.36. The highest BCUT2D eigenvalue weighted by Crippen LogP contribution is 2.26. The molecule has 1 amide bonds. The standard InChI is InChI=1S/C15H20N2O2/c18-14(11-4-2-1-3-5-11)15(19)17-9-7-13-12(10-17)6-8-16-13/h1-5,12-14,16,18H,6-10H2. The third kappa shape index (κ3) is 2.51. The predicted molar refractivity (Wildman–Crippen MR) is 72.5 cm³/mol. The first-order chi connectivity index (χ1) is 9.25. The quantitative estimate of drug-likeness (QED) is 0.832. The molecule has 102 valence electrons. The Hall–Kier alpha value is -1.39. The molecular weight excluding hydrogens is 240 g/mol. The predicted octanol–water partition coefficient (Wildman–Crippen LogP) is 0.930. The second kappa shape index (κ2) is 5.31. The van der Waals surface area contributed by atoms with E-state index in [9.17, 15) is 9.90 Å². The molecule has 0 aliphatic carbocycles. The number of hydrogen-bond acceptors (Lipinski definition) is 3. The third-order valence-electron chi connectivity index (χ3n) is 4.32. The molecular formula is C15H20N2O2. The number of piperidine rings is 1. The molecule has 0 radical (unpaired) electrons. The number of carbonyl (C=O) groups is 1. The SMILES string of the molecule is O=C(C(O)c1ccccc1)N1CCC2NCCC2C1. The smallest absolute Gasteiger partial charge is 0.256 e. The highest BCUT2D eigenvalue weighted by atomic mass is 16.3. The van der Waals surface area contributed by atoms with Crippen molar-refractivity contribution in [2.45, 2.75) is 25.0 Å². The molecule has 2 heterocycles. The van der Waals surface area contributed by atoms with Gasteiger partial charge in [-0.2, -0.15) is 0 Å². The number of amides is 1. The van der Waals surface area contributed by atoms with E-state index in [1.165, 1.54) is 0 Å². The third-order valence-corrected chi connectivity index (χ3v) is 4.32. The molecule has 4 nitrogen and oxygen atoms in total. The number of hydrogen-bond donors (Lipinski definition) is 2. The van der Waals surface area contributed by atoms with E-state index >= 15 is 0 Å². The maximum absolute atomic E-state index is 12.3. The van der Waals surface area contributed by atoms with Crippen LogP contribution in [0.25, 0.3) is 0 Å². The van der Waals surface area contributed by atoms with Crippen LogP contribution in [0, 0.1) is 5.92 Å². The van der Waals surface area contributed by atoms with Crippen LogP contribution in [0.2, 0.25) is 0 Å². The Morgan fingerprint density at radius 1 is 1.32 bits per heavy atom. The lowest BCUT2D eigenvalue weighted by molar-refractivity contribution is -0.142. The first-order valence-corrected chi connectivity index (χ1v) is 7.01. The Bertz CT molecular complexity index is 449. The first kappa shape index (κ1) is 12.6. The molecule has 0 saturated carbocycles. The minimum absolute atomic E-state index is 0.156. The van der Waals surface area contributed by atoms with Crippen molar-refractivity contribution in [3.63, 3.8) is 0 Å². The van der Waals surface area contributed by atoms with Gasteiger partial charge in [-0.1, -0.05) is 30.3 Å². The molecule has 3 atom stereocenters. The molecule has 0 aromatic heterocycles. The van der Waals surface area contributed by atoms with Gasteiger partial charge in [-0.15, -0.1) is 0 Å². The van der Waals surface area contributed by atoms with Gasteiger partial charge in [-0.25, -0.2) is 0 Å². The van der Waals surface area contributed by atoms with Crippen LogP contribution in [-0.4, -0.2) is 41.6 Å². The molecule has 0 bridgehead atoms. The van der Waals surface area contributed by atoms with Crippen LogP contribution >= 0.6 is 0 Å². The van der Waals surface area contributed by atoms with Crippen LogP contribution < -0.4 is 5.32 Å². The fraction of sp³-hybridized carbons (Fsp3) is 0.533. The molecule has 2 aliphatic heterocycles. The fourth-order valence-electron chi connectivity index (χ4n) is 3.20. The molecule has 4 heteroatoms. The van der Waals surface area contributed by atoms with Crippen LogP contribution in [0.5, 0.6) is 0 Å². The number of aliphatic hydroxyl groups excluding tert-OH is 1. The van der Waals surface area contributed by atoms with Gasteiger partial charge in [0, 0.05) is 19.1 Å². The molecule has 0 spiro atoms. The Kier molecular flexibility index (Phi) is 3.53. The zero-order valence-electron chi connectivity index (χ0n) is 11.0. The Morgan fingerprint density at radius 3 is 2.89 bits per heavy atom. The average molecular weight is 260 g/mol. The maximum Gasteiger partial charge on any atom is 0.256 e. The summed E-state index contributed by atoms with van der Waals surface area (Å²) < 4.78 is 0. The van der Waals surface area contributed by atoms with Crippen molar-refractivity contribution >= 4 is 5.91 Å². The van der Waals surface area contributed by atoms with Crippen molar-refractivity contribution in [1.29, 1.82) is 0 Å². The normalized spacial score (nSPS) is 27.9. The maximum atomic E-state index is 12.3. The summed E-state index contributed by atoms with van der Waals surface area (Å²) in [5.41, 5.74) is 0.680. The summed E-state index contributed by atoms with van der Waals surface area (Å²) in [4.78, 5) is 14.2. The van der Waals surface area contributed by atoms with Gasteiger partial charge in [-0.05, 0) is 30.9 Å². The van der Waals surface area contributed by atoms with Crippen molar-refractivity contribution in [2.75, 3.05) is 19.6 Å². The number of carbonyl (C=O) groups excluding carboxylic acids is 1. The Labute approximate surface area is 113 Å². The van der Waals surface area contributed by atoms with Gasteiger partial charge in [0.2, 0.25) is 0 Å². The van der Waals surface area contributed by atoms with Gasteiger partial charge in [0.25, 0.3) is 5.91 Å². The van der Waals surface area contributed by atoms with E-state index in [0.717, 1.165) is 32.5 Å². The van der Waals surface area contributed by atoms with Gasteiger partial charge < -0.3 is 15.3 Å². The molecule has 2 N–H and O–H groups in total. The molecule has 3 unspecified atom stereocenters. The van der Waals surface area contributed by atoms with Crippen LogP contribution in [0.15, 0.2) is 30.3 Å². The number of nitrogens with zero attached hydrogens (tertiary/aromatic N) is 1. The van der Waals surface area contributed by atoms with Crippen molar-refractivity contribution in [3.8, 4) is 0 Å². The number of fused-ring (bicyclic) bond motifs is 1.